The van der Waals surface area contributed by atoms with Crippen molar-refractivity contribution < 1.29 is 9.53 Å². The molecular weight excluding hydrogens is 320 g/mol. The molecule has 0 saturated carbocycles. The number of rotatable bonds is 5. The molecule has 0 aromatic carbocycles. The van der Waals surface area contributed by atoms with Gasteiger partial charge in [0.2, 0.25) is 0 Å². The average Bonchev–Trinajstić information content (AvgIpc) is 3.22. The maximum Gasteiger partial charge on any atom is 0.255 e. The third-order valence-electron chi connectivity index (χ3n) is 4.51. The second-order valence-electron chi connectivity index (χ2n) is 6.47. The van der Waals surface area contributed by atoms with Crippen LogP contribution >= 0.6 is 0 Å². The summed E-state index contributed by atoms with van der Waals surface area (Å²) in [6, 6.07) is 1.80. The van der Waals surface area contributed by atoms with Crippen LogP contribution in [-0.4, -0.2) is 62.5 Å². The van der Waals surface area contributed by atoms with Gasteiger partial charge < -0.3 is 9.64 Å². The Balaban J connectivity index is 1.74. The number of aryl methyl sites for hydroxylation is 3. The number of likely N-dealkylation sites (N-methyl/N-ethyl adjacent to an activating group) is 1. The lowest BCUT2D eigenvalue weighted by molar-refractivity contribution is 0.0548. The van der Waals surface area contributed by atoms with Gasteiger partial charge in [-0.3, -0.25) is 9.89 Å². The Morgan fingerprint density at radius 1 is 1.40 bits per heavy atom. The Morgan fingerprint density at radius 2 is 2.20 bits per heavy atom. The lowest BCUT2D eigenvalue weighted by atomic mass is 10.00. The quantitative estimate of drug-likeness (QED) is 0.881. The molecule has 0 unspecified atom stereocenters. The number of aromatic nitrogens is 5. The molecule has 0 radical (unpaired) electrons. The first-order chi connectivity index (χ1) is 12.0. The van der Waals surface area contributed by atoms with Crippen molar-refractivity contribution in [2.24, 2.45) is 0 Å². The van der Waals surface area contributed by atoms with Gasteiger partial charge in [0.25, 0.3) is 5.91 Å². The second kappa shape index (κ2) is 7.26. The first-order valence-corrected chi connectivity index (χ1v) is 8.58. The van der Waals surface area contributed by atoms with E-state index in [4.69, 9.17) is 4.74 Å². The van der Waals surface area contributed by atoms with Gasteiger partial charge in [0.15, 0.2) is 5.82 Å². The standard InChI is InChI=1S/C17H24N6O2/c1-5-14-13(8-10(2)19-21-14)17(24)23(4)9-15-12(6-7-25-15)16-18-11(3)20-22-16/h8,12,15H,5-7,9H2,1-4H3,(H,18,20,22)/t12-,15-/m1/s1. The molecule has 3 heterocycles. The number of hydrogen-bond donors (Lipinski definition) is 1. The molecule has 134 valence electrons. The molecule has 25 heavy (non-hydrogen) atoms. The van der Waals surface area contributed by atoms with Crippen LogP contribution in [0.25, 0.3) is 0 Å². The van der Waals surface area contributed by atoms with Crippen molar-refractivity contribution in [2.45, 2.75) is 45.6 Å². The second-order valence-corrected chi connectivity index (χ2v) is 6.47. The topological polar surface area (TPSA) is 96.9 Å². The Labute approximate surface area is 147 Å². The number of nitrogens with zero attached hydrogens (tertiary/aromatic N) is 5. The molecule has 0 spiro atoms. The van der Waals surface area contributed by atoms with Crippen molar-refractivity contribution in [3.05, 3.63) is 34.7 Å². The predicted molar refractivity (Wildman–Crippen MR) is 91.3 cm³/mol. The highest BCUT2D eigenvalue weighted by molar-refractivity contribution is 5.95. The first-order valence-electron chi connectivity index (χ1n) is 8.58. The van der Waals surface area contributed by atoms with Crippen LogP contribution < -0.4 is 0 Å². The van der Waals surface area contributed by atoms with Gasteiger partial charge in [0.05, 0.1) is 29.0 Å². The average molecular weight is 344 g/mol. The number of nitrogens with one attached hydrogen (secondary N) is 1. The zero-order chi connectivity index (χ0) is 18.0. The third-order valence-corrected chi connectivity index (χ3v) is 4.51. The van der Waals surface area contributed by atoms with Crippen LogP contribution in [0.1, 0.15) is 52.7 Å². The van der Waals surface area contributed by atoms with Gasteiger partial charge in [-0.25, -0.2) is 4.98 Å². The molecule has 0 aliphatic carbocycles. The number of ether oxygens (including phenoxy) is 1. The Bertz CT molecular complexity index is 759. The molecule has 1 amide bonds. The Kier molecular flexibility index (Phi) is 5.08. The zero-order valence-corrected chi connectivity index (χ0v) is 15.1. The van der Waals surface area contributed by atoms with Gasteiger partial charge in [0.1, 0.15) is 5.82 Å². The first kappa shape index (κ1) is 17.5. The molecule has 1 N–H and O–H groups in total. The summed E-state index contributed by atoms with van der Waals surface area (Å²) in [6.45, 7) is 6.83. The predicted octanol–water partition coefficient (Wildman–Crippen LogP) is 1.42. The summed E-state index contributed by atoms with van der Waals surface area (Å²) < 4.78 is 5.85. The van der Waals surface area contributed by atoms with Crippen LogP contribution in [0, 0.1) is 13.8 Å². The van der Waals surface area contributed by atoms with E-state index in [-0.39, 0.29) is 17.9 Å². The van der Waals surface area contributed by atoms with Gasteiger partial charge in [-0.1, -0.05) is 6.92 Å². The summed E-state index contributed by atoms with van der Waals surface area (Å²) in [5.41, 5.74) is 2.07. The van der Waals surface area contributed by atoms with Crippen LogP contribution in [-0.2, 0) is 11.2 Å². The molecule has 2 aromatic heterocycles. The summed E-state index contributed by atoms with van der Waals surface area (Å²) in [5, 5.41) is 15.3. The SMILES string of the molecule is CCc1nnc(C)cc1C(=O)N(C)C[C@H]1OCC[C@H]1c1n[nH]c(C)n1. The molecule has 1 saturated heterocycles. The maximum atomic E-state index is 12.9. The number of hydrogen-bond acceptors (Lipinski definition) is 6. The van der Waals surface area contributed by atoms with Gasteiger partial charge in [-0.05, 0) is 32.8 Å². The highest BCUT2D eigenvalue weighted by Crippen LogP contribution is 2.29. The van der Waals surface area contributed by atoms with Crippen molar-refractivity contribution in [1.29, 1.82) is 0 Å². The number of amides is 1. The zero-order valence-electron chi connectivity index (χ0n) is 15.1. The normalized spacial score (nSPS) is 20.0. The lowest BCUT2D eigenvalue weighted by Crippen LogP contribution is -2.37. The minimum atomic E-state index is -0.106. The van der Waals surface area contributed by atoms with Crippen LogP contribution in [0.3, 0.4) is 0 Å². The molecule has 1 fully saturated rings. The fourth-order valence-corrected chi connectivity index (χ4v) is 3.17. The highest BCUT2D eigenvalue weighted by atomic mass is 16.5. The van der Waals surface area contributed by atoms with Gasteiger partial charge >= 0.3 is 0 Å². The van der Waals surface area contributed by atoms with Crippen LogP contribution in [0.5, 0.6) is 0 Å². The van der Waals surface area contributed by atoms with Crippen molar-refractivity contribution in [1.82, 2.24) is 30.3 Å². The fourth-order valence-electron chi connectivity index (χ4n) is 3.17. The van der Waals surface area contributed by atoms with E-state index in [2.05, 4.69) is 25.4 Å². The Morgan fingerprint density at radius 3 is 2.88 bits per heavy atom. The van der Waals surface area contributed by atoms with Crippen molar-refractivity contribution in [2.75, 3.05) is 20.2 Å². The van der Waals surface area contributed by atoms with Crippen molar-refractivity contribution in [3.8, 4) is 0 Å². The monoisotopic (exact) mass is 344 g/mol. The number of carbonyl (C=O) groups is 1. The molecule has 2 aromatic rings. The van der Waals surface area contributed by atoms with E-state index >= 15 is 0 Å². The maximum absolute atomic E-state index is 12.9. The summed E-state index contributed by atoms with van der Waals surface area (Å²) in [6.07, 6.45) is 1.42. The molecule has 2 atom stereocenters. The summed E-state index contributed by atoms with van der Waals surface area (Å²) in [7, 11) is 1.79. The van der Waals surface area contributed by atoms with E-state index in [1.54, 1.807) is 18.0 Å². The number of H-pyrrole nitrogens is 1. The molecule has 8 heteroatoms. The minimum Gasteiger partial charge on any atom is -0.376 e. The molecule has 1 aliphatic rings. The molecular formula is C17H24N6O2. The number of aromatic amines is 1. The van der Waals surface area contributed by atoms with Crippen LogP contribution in [0.4, 0.5) is 0 Å². The molecule has 3 rings (SSSR count). The van der Waals surface area contributed by atoms with E-state index in [1.807, 2.05) is 20.8 Å². The summed E-state index contributed by atoms with van der Waals surface area (Å²) >= 11 is 0. The fraction of sp³-hybridized carbons (Fsp3) is 0.588. The molecule has 0 bridgehead atoms. The third kappa shape index (κ3) is 3.68. The van der Waals surface area contributed by atoms with Gasteiger partial charge in [0, 0.05) is 20.2 Å². The number of carbonyl (C=O) groups excluding carboxylic acids is 1. The highest BCUT2D eigenvalue weighted by Gasteiger charge is 2.34. The molecule has 1 aliphatic heterocycles. The summed E-state index contributed by atoms with van der Waals surface area (Å²) in [4.78, 5) is 19.0. The van der Waals surface area contributed by atoms with Crippen LogP contribution in [0.2, 0.25) is 0 Å². The van der Waals surface area contributed by atoms with Crippen LogP contribution in [0.15, 0.2) is 6.07 Å². The van der Waals surface area contributed by atoms with E-state index in [0.29, 0.717) is 25.1 Å². The Hall–Kier alpha value is -2.35. The van der Waals surface area contributed by atoms with Gasteiger partial charge in [-0.2, -0.15) is 15.3 Å². The van der Waals surface area contributed by atoms with E-state index in [9.17, 15) is 4.79 Å². The van der Waals surface area contributed by atoms with Crippen molar-refractivity contribution in [3.63, 3.8) is 0 Å². The summed E-state index contributed by atoms with van der Waals surface area (Å²) in [5.74, 6) is 1.59. The lowest BCUT2D eigenvalue weighted by Gasteiger charge is -2.24. The minimum absolute atomic E-state index is 0.0599. The molecule has 8 nitrogen and oxygen atoms in total. The van der Waals surface area contributed by atoms with E-state index in [1.165, 1.54) is 0 Å². The van der Waals surface area contributed by atoms with Crippen molar-refractivity contribution >= 4 is 5.91 Å². The smallest absolute Gasteiger partial charge is 0.255 e. The van der Waals surface area contributed by atoms with E-state index in [0.717, 1.165) is 29.5 Å². The largest absolute Gasteiger partial charge is 0.376 e. The van der Waals surface area contributed by atoms with E-state index < -0.39 is 0 Å². The van der Waals surface area contributed by atoms with Gasteiger partial charge in [-0.15, -0.1) is 0 Å².